The molecule has 88 valence electrons. The van der Waals surface area contributed by atoms with Crippen LogP contribution in [0.15, 0.2) is 30.5 Å². The number of hydrogen-bond donors (Lipinski definition) is 3. The fourth-order valence-corrected chi connectivity index (χ4v) is 1.56. The Labute approximate surface area is 98.2 Å². The van der Waals surface area contributed by atoms with Gasteiger partial charge in [-0.3, -0.25) is 4.79 Å². The minimum absolute atomic E-state index is 0.180. The molecule has 1 unspecified atom stereocenters. The Bertz CT molecular complexity index is 508. The predicted molar refractivity (Wildman–Crippen MR) is 63.1 cm³/mol. The van der Waals surface area contributed by atoms with E-state index < -0.39 is 0 Å². The van der Waals surface area contributed by atoms with E-state index in [0.29, 0.717) is 5.69 Å². The molecule has 1 aromatic heterocycles. The number of carbonyl (C=O) groups excluding carboxylic acids is 1. The summed E-state index contributed by atoms with van der Waals surface area (Å²) in [5.41, 5.74) is 7.62. The van der Waals surface area contributed by atoms with Crippen LogP contribution in [0.5, 0.6) is 0 Å². The van der Waals surface area contributed by atoms with Crippen molar-refractivity contribution < 1.29 is 4.79 Å². The smallest absolute Gasteiger partial charge is 0.273 e. The summed E-state index contributed by atoms with van der Waals surface area (Å²) >= 11 is 0. The molecule has 1 aromatic carbocycles. The molecule has 0 aliphatic carbocycles. The number of aromatic amines is 1. The molecule has 0 spiro atoms. The van der Waals surface area contributed by atoms with E-state index in [9.17, 15) is 4.79 Å². The van der Waals surface area contributed by atoms with Gasteiger partial charge in [0.1, 0.15) is 0 Å². The summed E-state index contributed by atoms with van der Waals surface area (Å²) in [6, 6.07) is 7.23. The first-order chi connectivity index (χ1) is 8.18. The van der Waals surface area contributed by atoms with E-state index in [4.69, 9.17) is 5.73 Å². The number of nitrogens with one attached hydrogen (secondary N) is 2. The van der Waals surface area contributed by atoms with E-state index in [1.54, 1.807) is 6.07 Å². The summed E-state index contributed by atoms with van der Waals surface area (Å²) in [6.45, 7) is 1.86. The van der Waals surface area contributed by atoms with E-state index in [1.807, 2.05) is 25.1 Å². The molecule has 2 rings (SSSR count). The van der Waals surface area contributed by atoms with Crippen LogP contribution >= 0.6 is 0 Å². The van der Waals surface area contributed by atoms with Gasteiger partial charge in [-0.05, 0) is 18.6 Å². The maximum Gasteiger partial charge on any atom is 0.273 e. The molecule has 0 aliphatic rings. The van der Waals surface area contributed by atoms with Gasteiger partial charge in [0.15, 0.2) is 5.69 Å². The minimum Gasteiger partial charge on any atom is -0.398 e. The van der Waals surface area contributed by atoms with Crippen molar-refractivity contribution in [2.45, 2.75) is 13.0 Å². The Kier molecular flexibility index (Phi) is 3.04. The summed E-state index contributed by atoms with van der Waals surface area (Å²) in [4.78, 5) is 11.7. The number of para-hydroxylation sites is 1. The Morgan fingerprint density at radius 3 is 2.88 bits per heavy atom. The van der Waals surface area contributed by atoms with Crippen LogP contribution in [0.1, 0.15) is 29.0 Å². The lowest BCUT2D eigenvalue weighted by Crippen LogP contribution is -2.27. The van der Waals surface area contributed by atoms with E-state index in [-0.39, 0.29) is 17.6 Å². The molecule has 1 amide bonds. The van der Waals surface area contributed by atoms with Crippen LogP contribution in [-0.2, 0) is 0 Å². The summed E-state index contributed by atoms with van der Waals surface area (Å²) in [6.07, 6.45) is 1.37. The number of nitrogens with zero attached hydrogens (tertiary/aromatic N) is 2. The fourth-order valence-electron chi connectivity index (χ4n) is 1.56. The molecule has 2 aromatic rings. The third-order valence-electron chi connectivity index (χ3n) is 2.46. The quantitative estimate of drug-likeness (QED) is 0.683. The van der Waals surface area contributed by atoms with Crippen molar-refractivity contribution in [2.75, 3.05) is 5.73 Å². The maximum absolute atomic E-state index is 11.7. The van der Waals surface area contributed by atoms with Crippen LogP contribution in [0.4, 0.5) is 5.69 Å². The van der Waals surface area contributed by atoms with Gasteiger partial charge in [-0.1, -0.05) is 18.2 Å². The Hall–Kier alpha value is -2.37. The van der Waals surface area contributed by atoms with Gasteiger partial charge in [-0.2, -0.15) is 15.4 Å². The highest BCUT2D eigenvalue weighted by Crippen LogP contribution is 2.19. The van der Waals surface area contributed by atoms with E-state index in [2.05, 4.69) is 20.7 Å². The van der Waals surface area contributed by atoms with Gasteiger partial charge in [0, 0.05) is 5.69 Å². The minimum atomic E-state index is -0.283. The molecule has 1 heterocycles. The number of carbonyl (C=O) groups is 1. The van der Waals surface area contributed by atoms with Gasteiger partial charge in [0.2, 0.25) is 0 Å². The number of amides is 1. The number of nitrogens with two attached hydrogens (primary N) is 1. The van der Waals surface area contributed by atoms with Crippen LogP contribution in [-0.4, -0.2) is 21.3 Å². The third-order valence-corrected chi connectivity index (χ3v) is 2.46. The average Bonchev–Trinajstić information content (AvgIpc) is 2.82. The second-order valence-corrected chi connectivity index (χ2v) is 3.68. The lowest BCUT2D eigenvalue weighted by atomic mass is 10.1. The van der Waals surface area contributed by atoms with Crippen LogP contribution in [0, 0.1) is 0 Å². The molecule has 0 aliphatic heterocycles. The zero-order chi connectivity index (χ0) is 12.3. The number of hydrogen-bond acceptors (Lipinski definition) is 4. The second kappa shape index (κ2) is 4.65. The molecule has 4 N–H and O–H groups in total. The van der Waals surface area contributed by atoms with Crippen molar-refractivity contribution in [3.05, 3.63) is 41.7 Å². The molecule has 0 fully saturated rings. The maximum atomic E-state index is 11.7. The van der Waals surface area contributed by atoms with E-state index in [1.165, 1.54) is 6.20 Å². The Morgan fingerprint density at radius 1 is 1.47 bits per heavy atom. The van der Waals surface area contributed by atoms with Gasteiger partial charge < -0.3 is 11.1 Å². The standard InChI is InChI=1S/C11H13N5O/c1-7(8-4-2-3-5-9(8)12)14-11(17)10-6-13-16-15-10/h2-7H,12H2,1H3,(H,14,17)(H,13,15,16). The predicted octanol–water partition coefficient (Wildman–Crippen LogP) is 0.878. The molecule has 1 atom stereocenters. The number of benzene rings is 1. The Morgan fingerprint density at radius 2 is 2.24 bits per heavy atom. The highest BCUT2D eigenvalue weighted by Gasteiger charge is 2.14. The molecule has 17 heavy (non-hydrogen) atoms. The first kappa shape index (κ1) is 11.1. The number of nitrogen functional groups attached to an aromatic ring is 1. The monoisotopic (exact) mass is 231 g/mol. The first-order valence-corrected chi connectivity index (χ1v) is 5.19. The highest BCUT2D eigenvalue weighted by atomic mass is 16.2. The molecule has 0 bridgehead atoms. The van der Waals surface area contributed by atoms with Gasteiger partial charge in [-0.25, -0.2) is 0 Å². The van der Waals surface area contributed by atoms with Crippen molar-refractivity contribution in [3.8, 4) is 0 Å². The van der Waals surface area contributed by atoms with Gasteiger partial charge >= 0.3 is 0 Å². The number of H-pyrrole nitrogens is 1. The molecular weight excluding hydrogens is 218 g/mol. The zero-order valence-electron chi connectivity index (χ0n) is 9.34. The summed E-state index contributed by atoms with van der Waals surface area (Å²) < 4.78 is 0. The number of anilines is 1. The zero-order valence-corrected chi connectivity index (χ0v) is 9.34. The van der Waals surface area contributed by atoms with Gasteiger partial charge in [0.25, 0.3) is 5.91 Å². The lowest BCUT2D eigenvalue weighted by Gasteiger charge is -2.15. The summed E-state index contributed by atoms with van der Waals surface area (Å²) in [7, 11) is 0. The molecule has 0 saturated heterocycles. The van der Waals surface area contributed by atoms with Crippen molar-refractivity contribution >= 4 is 11.6 Å². The number of aromatic nitrogens is 3. The first-order valence-electron chi connectivity index (χ1n) is 5.19. The van der Waals surface area contributed by atoms with Crippen LogP contribution in [0.3, 0.4) is 0 Å². The molecule has 0 saturated carbocycles. The van der Waals surface area contributed by atoms with E-state index >= 15 is 0 Å². The second-order valence-electron chi connectivity index (χ2n) is 3.68. The van der Waals surface area contributed by atoms with Crippen molar-refractivity contribution in [3.63, 3.8) is 0 Å². The summed E-state index contributed by atoms with van der Waals surface area (Å²) in [5, 5.41) is 12.5. The molecule has 0 radical (unpaired) electrons. The summed E-state index contributed by atoms with van der Waals surface area (Å²) in [5.74, 6) is -0.283. The normalized spacial score (nSPS) is 12.1. The fraction of sp³-hybridized carbons (Fsp3) is 0.182. The Balaban J connectivity index is 2.10. The third kappa shape index (κ3) is 2.41. The van der Waals surface area contributed by atoms with Crippen LogP contribution in [0.2, 0.25) is 0 Å². The van der Waals surface area contributed by atoms with Crippen molar-refractivity contribution in [1.29, 1.82) is 0 Å². The number of rotatable bonds is 3. The van der Waals surface area contributed by atoms with Crippen LogP contribution < -0.4 is 11.1 Å². The topological polar surface area (TPSA) is 96.7 Å². The van der Waals surface area contributed by atoms with Crippen molar-refractivity contribution in [2.24, 2.45) is 0 Å². The van der Waals surface area contributed by atoms with Crippen molar-refractivity contribution in [1.82, 2.24) is 20.7 Å². The van der Waals surface area contributed by atoms with Crippen LogP contribution in [0.25, 0.3) is 0 Å². The van der Waals surface area contributed by atoms with Gasteiger partial charge in [-0.15, -0.1) is 0 Å². The molecule has 6 nitrogen and oxygen atoms in total. The van der Waals surface area contributed by atoms with E-state index in [0.717, 1.165) is 5.56 Å². The largest absolute Gasteiger partial charge is 0.398 e. The van der Waals surface area contributed by atoms with Gasteiger partial charge in [0.05, 0.1) is 12.2 Å². The lowest BCUT2D eigenvalue weighted by molar-refractivity contribution is 0.0935. The highest BCUT2D eigenvalue weighted by molar-refractivity contribution is 5.92. The molecular formula is C11H13N5O. The average molecular weight is 231 g/mol. The molecule has 6 heteroatoms. The SMILES string of the molecule is CC(NC(=O)c1cn[nH]n1)c1ccccc1N.